The van der Waals surface area contributed by atoms with Gasteiger partial charge in [0.05, 0.1) is 13.7 Å². The van der Waals surface area contributed by atoms with Crippen molar-refractivity contribution in [2.45, 2.75) is 31.3 Å². The van der Waals surface area contributed by atoms with Crippen molar-refractivity contribution in [1.82, 2.24) is 10.2 Å². The molecule has 3 rings (SSSR count). The first kappa shape index (κ1) is 15.6. The van der Waals surface area contributed by atoms with Gasteiger partial charge in [-0.3, -0.25) is 4.79 Å². The van der Waals surface area contributed by atoms with Crippen LogP contribution in [0.3, 0.4) is 0 Å². The van der Waals surface area contributed by atoms with Crippen LogP contribution in [0.25, 0.3) is 0 Å². The lowest BCUT2D eigenvalue weighted by Crippen LogP contribution is -2.48. The van der Waals surface area contributed by atoms with Gasteiger partial charge in [-0.2, -0.15) is 0 Å². The van der Waals surface area contributed by atoms with Gasteiger partial charge in [-0.25, -0.2) is 4.79 Å². The summed E-state index contributed by atoms with van der Waals surface area (Å²) >= 11 is 0. The van der Waals surface area contributed by atoms with Gasteiger partial charge < -0.3 is 19.7 Å². The smallest absolute Gasteiger partial charge is 0.407 e. The molecule has 124 valence electrons. The molecule has 1 spiro atoms. The number of likely N-dealkylation sites (tertiary alicyclic amines) is 1. The van der Waals surface area contributed by atoms with Crippen LogP contribution in [0.4, 0.5) is 4.79 Å². The minimum absolute atomic E-state index is 0.153. The molecule has 2 aliphatic heterocycles. The molecule has 23 heavy (non-hydrogen) atoms. The Labute approximate surface area is 135 Å². The highest BCUT2D eigenvalue weighted by Crippen LogP contribution is 2.29. The minimum atomic E-state index is -0.402. The molecule has 0 aliphatic carbocycles. The SMILES string of the molecule is COc1cccc(CCC(=O)N2CCC3(CC2)CNC(=O)O3)c1. The van der Waals surface area contributed by atoms with E-state index in [1.54, 1.807) is 7.11 Å². The summed E-state index contributed by atoms with van der Waals surface area (Å²) in [7, 11) is 1.64. The number of alkyl carbamates (subject to hydrolysis) is 1. The van der Waals surface area contributed by atoms with Gasteiger partial charge in [-0.1, -0.05) is 12.1 Å². The first-order valence-electron chi connectivity index (χ1n) is 7.98. The molecule has 6 heteroatoms. The second-order valence-corrected chi connectivity index (χ2v) is 6.16. The van der Waals surface area contributed by atoms with E-state index >= 15 is 0 Å². The van der Waals surface area contributed by atoms with Gasteiger partial charge in [0.15, 0.2) is 0 Å². The molecule has 1 N–H and O–H groups in total. The second kappa shape index (κ2) is 6.48. The molecule has 1 aromatic rings. The highest BCUT2D eigenvalue weighted by molar-refractivity contribution is 5.76. The van der Waals surface area contributed by atoms with E-state index in [9.17, 15) is 9.59 Å². The fourth-order valence-electron chi connectivity index (χ4n) is 3.18. The van der Waals surface area contributed by atoms with E-state index in [1.807, 2.05) is 29.2 Å². The van der Waals surface area contributed by atoms with Crippen molar-refractivity contribution in [3.63, 3.8) is 0 Å². The Morgan fingerprint density at radius 2 is 2.17 bits per heavy atom. The van der Waals surface area contributed by atoms with Crippen molar-refractivity contribution in [2.24, 2.45) is 0 Å². The Balaban J connectivity index is 1.49. The van der Waals surface area contributed by atoms with Crippen LogP contribution in [-0.4, -0.2) is 49.2 Å². The fourth-order valence-corrected chi connectivity index (χ4v) is 3.18. The summed E-state index contributed by atoms with van der Waals surface area (Å²) in [6.07, 6.45) is 2.25. The number of benzene rings is 1. The van der Waals surface area contributed by atoms with Gasteiger partial charge in [0.25, 0.3) is 0 Å². The molecule has 0 atom stereocenters. The number of carbonyl (C=O) groups is 2. The predicted octanol–water partition coefficient (Wildman–Crippen LogP) is 1.73. The van der Waals surface area contributed by atoms with Gasteiger partial charge in [-0.15, -0.1) is 0 Å². The zero-order valence-electron chi connectivity index (χ0n) is 13.3. The van der Waals surface area contributed by atoms with Crippen LogP contribution in [-0.2, 0) is 16.0 Å². The molecule has 6 nitrogen and oxygen atoms in total. The van der Waals surface area contributed by atoms with Crippen LogP contribution in [0.2, 0.25) is 0 Å². The van der Waals surface area contributed by atoms with Crippen molar-refractivity contribution in [3.8, 4) is 5.75 Å². The normalized spacial score (nSPS) is 19.3. The van der Waals surface area contributed by atoms with Crippen LogP contribution in [0.1, 0.15) is 24.8 Å². The number of carbonyl (C=O) groups excluding carboxylic acids is 2. The lowest BCUT2D eigenvalue weighted by molar-refractivity contribution is -0.134. The summed E-state index contributed by atoms with van der Waals surface area (Å²) < 4.78 is 10.6. The van der Waals surface area contributed by atoms with Crippen molar-refractivity contribution < 1.29 is 19.1 Å². The lowest BCUT2D eigenvalue weighted by atomic mass is 9.91. The molecular weight excluding hydrogens is 296 g/mol. The Morgan fingerprint density at radius 1 is 1.39 bits per heavy atom. The quantitative estimate of drug-likeness (QED) is 0.918. The number of piperidine rings is 1. The van der Waals surface area contributed by atoms with Gasteiger partial charge in [-0.05, 0) is 24.1 Å². The van der Waals surface area contributed by atoms with Crippen LogP contribution in [0.15, 0.2) is 24.3 Å². The molecule has 0 aromatic heterocycles. The first-order chi connectivity index (χ1) is 11.1. The maximum atomic E-state index is 12.4. The van der Waals surface area contributed by atoms with Gasteiger partial charge >= 0.3 is 6.09 Å². The number of nitrogens with one attached hydrogen (secondary N) is 1. The zero-order chi connectivity index (χ0) is 16.3. The molecule has 0 bridgehead atoms. The van der Waals surface area contributed by atoms with Crippen LogP contribution >= 0.6 is 0 Å². The second-order valence-electron chi connectivity index (χ2n) is 6.16. The monoisotopic (exact) mass is 318 g/mol. The third kappa shape index (κ3) is 3.57. The number of ether oxygens (including phenoxy) is 2. The van der Waals surface area contributed by atoms with Crippen LogP contribution < -0.4 is 10.1 Å². The summed E-state index contributed by atoms with van der Waals surface area (Å²) in [6, 6.07) is 7.80. The van der Waals surface area contributed by atoms with E-state index < -0.39 is 5.60 Å². The molecule has 2 fully saturated rings. The molecule has 0 radical (unpaired) electrons. The summed E-state index contributed by atoms with van der Waals surface area (Å²) in [5.41, 5.74) is 0.695. The van der Waals surface area contributed by atoms with E-state index in [0.29, 0.717) is 45.3 Å². The molecule has 2 heterocycles. The van der Waals surface area contributed by atoms with E-state index in [-0.39, 0.29) is 12.0 Å². The topological polar surface area (TPSA) is 67.9 Å². The van der Waals surface area contributed by atoms with E-state index in [1.165, 1.54) is 0 Å². The Hall–Kier alpha value is -2.24. The largest absolute Gasteiger partial charge is 0.497 e. The van der Waals surface area contributed by atoms with Crippen molar-refractivity contribution >= 4 is 12.0 Å². The highest BCUT2D eigenvalue weighted by atomic mass is 16.6. The molecule has 2 aliphatic rings. The van der Waals surface area contributed by atoms with Crippen LogP contribution in [0, 0.1) is 0 Å². The number of nitrogens with zero attached hydrogens (tertiary/aromatic N) is 1. The molecule has 0 unspecified atom stereocenters. The Kier molecular flexibility index (Phi) is 4.41. The van der Waals surface area contributed by atoms with Gasteiger partial charge in [0.1, 0.15) is 11.4 Å². The van der Waals surface area contributed by atoms with Crippen molar-refractivity contribution in [3.05, 3.63) is 29.8 Å². The van der Waals surface area contributed by atoms with E-state index in [4.69, 9.17) is 9.47 Å². The Bertz CT molecular complexity index is 594. The first-order valence-corrected chi connectivity index (χ1v) is 7.98. The molecule has 2 amide bonds. The Morgan fingerprint density at radius 3 is 2.83 bits per heavy atom. The fraction of sp³-hybridized carbons (Fsp3) is 0.529. The highest BCUT2D eigenvalue weighted by Gasteiger charge is 2.43. The number of aryl methyl sites for hydroxylation is 1. The summed E-state index contributed by atoms with van der Waals surface area (Å²) in [5.74, 6) is 0.963. The van der Waals surface area contributed by atoms with Gasteiger partial charge in [0, 0.05) is 32.4 Å². The minimum Gasteiger partial charge on any atom is -0.497 e. The number of methoxy groups -OCH3 is 1. The third-order valence-electron chi connectivity index (χ3n) is 4.65. The maximum Gasteiger partial charge on any atom is 0.407 e. The molecule has 0 saturated carbocycles. The van der Waals surface area contributed by atoms with Crippen molar-refractivity contribution in [1.29, 1.82) is 0 Å². The van der Waals surface area contributed by atoms with Crippen molar-refractivity contribution in [2.75, 3.05) is 26.7 Å². The standard InChI is InChI=1S/C17H22N2O4/c1-22-14-4-2-3-13(11-14)5-6-15(20)19-9-7-17(8-10-19)12-18-16(21)23-17/h2-4,11H,5-10,12H2,1H3,(H,18,21). The third-order valence-corrected chi connectivity index (χ3v) is 4.65. The molecular formula is C17H22N2O4. The number of hydrogen-bond donors (Lipinski definition) is 1. The average Bonchev–Trinajstić information content (AvgIpc) is 2.94. The predicted molar refractivity (Wildman–Crippen MR) is 84.3 cm³/mol. The van der Waals surface area contributed by atoms with Crippen LogP contribution in [0.5, 0.6) is 5.75 Å². The van der Waals surface area contributed by atoms with Gasteiger partial charge in [0.2, 0.25) is 5.91 Å². The molecule has 1 aromatic carbocycles. The number of hydrogen-bond acceptors (Lipinski definition) is 4. The lowest BCUT2D eigenvalue weighted by Gasteiger charge is -2.37. The van der Waals surface area contributed by atoms with E-state index in [0.717, 1.165) is 11.3 Å². The molecule has 2 saturated heterocycles. The summed E-state index contributed by atoms with van der Waals surface area (Å²) in [6.45, 7) is 1.84. The average molecular weight is 318 g/mol. The summed E-state index contributed by atoms with van der Waals surface area (Å²) in [4.78, 5) is 25.5. The number of rotatable bonds is 4. The summed E-state index contributed by atoms with van der Waals surface area (Å²) in [5, 5.41) is 2.71. The zero-order valence-corrected chi connectivity index (χ0v) is 13.3. The number of amides is 2. The van der Waals surface area contributed by atoms with E-state index in [2.05, 4.69) is 5.32 Å². The maximum absolute atomic E-state index is 12.4.